The van der Waals surface area contributed by atoms with Crippen LogP contribution in [0.1, 0.15) is 19.8 Å². The summed E-state index contributed by atoms with van der Waals surface area (Å²) in [4.78, 5) is 0. The molecule has 0 amide bonds. The van der Waals surface area contributed by atoms with Crippen molar-refractivity contribution in [1.29, 1.82) is 0 Å². The zero-order valence-electron chi connectivity index (χ0n) is 6.51. The summed E-state index contributed by atoms with van der Waals surface area (Å²) in [5, 5.41) is 20.3. The quantitative estimate of drug-likeness (QED) is 0.453. The van der Waals surface area contributed by atoms with E-state index in [0.29, 0.717) is 6.54 Å². The molecule has 0 aromatic rings. The molecular weight excluding hydrogens is 130 g/mol. The van der Waals surface area contributed by atoms with E-state index in [2.05, 4.69) is 5.32 Å². The molecule has 0 spiro atoms. The minimum atomic E-state index is -0.269. The maximum Gasteiger partial charge on any atom is 0.0636 e. The van der Waals surface area contributed by atoms with Crippen molar-refractivity contribution in [2.45, 2.75) is 25.9 Å². The van der Waals surface area contributed by atoms with Gasteiger partial charge in [-0.25, -0.2) is 0 Å². The fourth-order valence-corrected chi connectivity index (χ4v) is 0.673. The Bertz CT molecular complexity index is 66.6. The molecule has 3 N–H and O–H groups in total. The summed E-state index contributed by atoms with van der Waals surface area (Å²) in [5.74, 6) is 0. The normalized spacial score (nSPS) is 13.5. The van der Waals surface area contributed by atoms with E-state index in [4.69, 9.17) is 10.2 Å². The molecule has 3 nitrogen and oxygen atoms in total. The largest absolute Gasteiger partial charge is 0.396 e. The van der Waals surface area contributed by atoms with Crippen molar-refractivity contribution >= 4 is 0 Å². The third kappa shape index (κ3) is 7.88. The monoisotopic (exact) mass is 147 g/mol. The average Bonchev–Trinajstić information content (AvgIpc) is 1.87. The Morgan fingerprint density at radius 1 is 1.40 bits per heavy atom. The highest BCUT2D eigenvalue weighted by atomic mass is 16.3. The van der Waals surface area contributed by atoms with Crippen LogP contribution in [-0.4, -0.2) is 36.0 Å². The molecule has 62 valence electrons. The summed E-state index contributed by atoms with van der Waals surface area (Å²) in [6, 6.07) is 0. The lowest BCUT2D eigenvalue weighted by atomic mass is 10.3. The zero-order valence-corrected chi connectivity index (χ0v) is 6.51. The van der Waals surface area contributed by atoms with Crippen LogP contribution < -0.4 is 5.32 Å². The van der Waals surface area contributed by atoms with Crippen LogP contribution in [0.15, 0.2) is 0 Å². The van der Waals surface area contributed by atoms with Crippen LogP contribution in [-0.2, 0) is 0 Å². The molecule has 0 aromatic carbocycles. The summed E-state index contributed by atoms with van der Waals surface area (Å²) >= 11 is 0. The van der Waals surface area contributed by atoms with E-state index in [1.165, 1.54) is 0 Å². The first kappa shape index (κ1) is 9.88. The smallest absolute Gasteiger partial charge is 0.0636 e. The van der Waals surface area contributed by atoms with Crippen molar-refractivity contribution in [3.05, 3.63) is 0 Å². The van der Waals surface area contributed by atoms with Crippen molar-refractivity contribution in [2.24, 2.45) is 0 Å². The SMILES string of the molecule is C[C@H](O)CNCCCCO. The molecule has 0 aliphatic heterocycles. The van der Waals surface area contributed by atoms with E-state index < -0.39 is 0 Å². The molecule has 0 heterocycles. The second-order valence-corrected chi connectivity index (χ2v) is 2.48. The molecule has 0 rings (SSSR count). The molecule has 0 saturated carbocycles. The molecule has 0 fully saturated rings. The lowest BCUT2D eigenvalue weighted by molar-refractivity contribution is 0.190. The molecule has 3 heteroatoms. The van der Waals surface area contributed by atoms with Crippen LogP contribution in [0.25, 0.3) is 0 Å². The molecule has 1 atom stereocenters. The van der Waals surface area contributed by atoms with Gasteiger partial charge in [-0.15, -0.1) is 0 Å². The van der Waals surface area contributed by atoms with Crippen LogP contribution in [0.3, 0.4) is 0 Å². The maximum atomic E-state index is 8.80. The van der Waals surface area contributed by atoms with Gasteiger partial charge in [0.1, 0.15) is 0 Å². The highest BCUT2D eigenvalue weighted by Gasteiger charge is 1.92. The number of unbranched alkanes of at least 4 members (excludes halogenated alkanes) is 1. The van der Waals surface area contributed by atoms with Gasteiger partial charge < -0.3 is 15.5 Å². The molecule has 0 aromatic heterocycles. The number of nitrogens with one attached hydrogen (secondary N) is 1. The summed E-state index contributed by atoms with van der Waals surface area (Å²) in [6.07, 6.45) is 1.55. The van der Waals surface area contributed by atoms with Gasteiger partial charge >= 0.3 is 0 Å². The molecule has 0 unspecified atom stereocenters. The van der Waals surface area contributed by atoms with E-state index in [-0.39, 0.29) is 12.7 Å². The summed E-state index contributed by atoms with van der Waals surface area (Å²) < 4.78 is 0. The maximum absolute atomic E-state index is 8.80. The number of rotatable bonds is 6. The van der Waals surface area contributed by atoms with Crippen LogP contribution in [0.2, 0.25) is 0 Å². The van der Waals surface area contributed by atoms with E-state index >= 15 is 0 Å². The van der Waals surface area contributed by atoms with Gasteiger partial charge in [0, 0.05) is 13.2 Å². The number of aliphatic hydroxyl groups excluding tert-OH is 2. The van der Waals surface area contributed by atoms with Gasteiger partial charge in [0.15, 0.2) is 0 Å². The summed E-state index contributed by atoms with van der Waals surface area (Å²) in [6.45, 7) is 3.53. The van der Waals surface area contributed by atoms with Gasteiger partial charge in [-0.05, 0) is 26.3 Å². The van der Waals surface area contributed by atoms with E-state index in [1.807, 2.05) is 0 Å². The molecule has 0 aliphatic rings. The predicted octanol–water partition coefficient (Wildman–Crippen LogP) is -0.271. The summed E-state index contributed by atoms with van der Waals surface area (Å²) in [5.41, 5.74) is 0. The van der Waals surface area contributed by atoms with Gasteiger partial charge in [-0.1, -0.05) is 0 Å². The van der Waals surface area contributed by atoms with E-state index in [9.17, 15) is 0 Å². The minimum Gasteiger partial charge on any atom is -0.396 e. The topological polar surface area (TPSA) is 52.5 Å². The van der Waals surface area contributed by atoms with Gasteiger partial charge in [0.05, 0.1) is 6.10 Å². The Morgan fingerprint density at radius 2 is 2.10 bits per heavy atom. The minimum absolute atomic E-state index is 0.260. The number of aliphatic hydroxyl groups is 2. The van der Waals surface area contributed by atoms with E-state index in [0.717, 1.165) is 19.4 Å². The third-order valence-corrected chi connectivity index (χ3v) is 1.20. The van der Waals surface area contributed by atoms with E-state index in [1.54, 1.807) is 6.92 Å². The number of hydrogen-bond acceptors (Lipinski definition) is 3. The molecule has 0 aliphatic carbocycles. The van der Waals surface area contributed by atoms with Gasteiger partial charge in [-0.3, -0.25) is 0 Å². The fourth-order valence-electron chi connectivity index (χ4n) is 0.673. The van der Waals surface area contributed by atoms with Crippen molar-refractivity contribution in [2.75, 3.05) is 19.7 Å². The van der Waals surface area contributed by atoms with Gasteiger partial charge in [0.2, 0.25) is 0 Å². The fraction of sp³-hybridized carbons (Fsp3) is 1.00. The van der Waals surface area contributed by atoms with Crippen molar-refractivity contribution in [1.82, 2.24) is 5.32 Å². The Balaban J connectivity index is 2.77. The zero-order chi connectivity index (χ0) is 7.82. The first-order valence-corrected chi connectivity index (χ1v) is 3.77. The third-order valence-electron chi connectivity index (χ3n) is 1.20. The van der Waals surface area contributed by atoms with Crippen molar-refractivity contribution in [3.8, 4) is 0 Å². The first-order valence-electron chi connectivity index (χ1n) is 3.77. The van der Waals surface area contributed by atoms with Crippen LogP contribution >= 0.6 is 0 Å². The van der Waals surface area contributed by atoms with Crippen molar-refractivity contribution in [3.63, 3.8) is 0 Å². The highest BCUT2D eigenvalue weighted by molar-refractivity contribution is 4.52. The first-order chi connectivity index (χ1) is 4.77. The molecule has 0 bridgehead atoms. The predicted molar refractivity (Wildman–Crippen MR) is 40.9 cm³/mol. The van der Waals surface area contributed by atoms with Crippen molar-refractivity contribution < 1.29 is 10.2 Å². The lowest BCUT2D eigenvalue weighted by Crippen LogP contribution is -2.25. The van der Waals surface area contributed by atoms with Crippen LogP contribution in [0, 0.1) is 0 Å². The molecule has 10 heavy (non-hydrogen) atoms. The Labute approximate surface area is 62.1 Å². The second kappa shape index (κ2) is 6.99. The van der Waals surface area contributed by atoms with Gasteiger partial charge in [-0.2, -0.15) is 0 Å². The standard InChI is InChI=1S/C7H17NO2/c1-7(10)6-8-4-2-3-5-9/h7-10H,2-6H2,1H3/t7-/m0/s1. The molecular formula is C7H17NO2. The summed E-state index contributed by atoms with van der Waals surface area (Å²) in [7, 11) is 0. The van der Waals surface area contributed by atoms with Crippen LogP contribution in [0.5, 0.6) is 0 Å². The average molecular weight is 147 g/mol. The molecule has 0 radical (unpaired) electrons. The Kier molecular flexibility index (Phi) is 6.91. The molecule has 0 saturated heterocycles. The Hall–Kier alpha value is -0.120. The van der Waals surface area contributed by atoms with Gasteiger partial charge in [0.25, 0.3) is 0 Å². The van der Waals surface area contributed by atoms with Crippen LogP contribution in [0.4, 0.5) is 0 Å². The number of hydrogen-bond donors (Lipinski definition) is 3. The highest BCUT2D eigenvalue weighted by Crippen LogP contribution is 1.83. The lowest BCUT2D eigenvalue weighted by Gasteiger charge is -2.04. The Morgan fingerprint density at radius 3 is 2.60 bits per heavy atom. The second-order valence-electron chi connectivity index (χ2n) is 2.48.